The molecule has 0 bridgehead atoms. The molecule has 24 heavy (non-hydrogen) atoms. The van der Waals surface area contributed by atoms with Crippen molar-refractivity contribution in [2.75, 3.05) is 20.3 Å². The zero-order valence-electron chi connectivity index (χ0n) is 15.3. The van der Waals surface area contributed by atoms with Gasteiger partial charge in [0.15, 0.2) is 0 Å². The van der Waals surface area contributed by atoms with Gasteiger partial charge in [-0.25, -0.2) is 0 Å². The van der Waals surface area contributed by atoms with Gasteiger partial charge in [-0.15, -0.1) is 0 Å². The standard InChI is InChI=1S/C21H29NO2/c1-21(2,3)19-11-9-17(10-12-19)15-22-16-18-7-5-6-8-20(18)24-14-13-23-4/h5-12,22H,13-16H2,1-4H3. The van der Waals surface area contributed by atoms with E-state index in [0.29, 0.717) is 13.2 Å². The molecule has 0 radical (unpaired) electrons. The van der Waals surface area contributed by atoms with Gasteiger partial charge in [-0.1, -0.05) is 63.2 Å². The predicted molar refractivity (Wildman–Crippen MR) is 99.5 cm³/mol. The van der Waals surface area contributed by atoms with Crippen LogP contribution in [0.5, 0.6) is 5.75 Å². The van der Waals surface area contributed by atoms with Gasteiger partial charge in [0, 0.05) is 25.8 Å². The number of methoxy groups -OCH3 is 1. The Morgan fingerprint density at radius 3 is 2.25 bits per heavy atom. The third-order valence-electron chi connectivity index (χ3n) is 3.98. The Hall–Kier alpha value is -1.84. The SMILES string of the molecule is COCCOc1ccccc1CNCc1ccc(C(C)(C)C)cc1. The lowest BCUT2D eigenvalue weighted by atomic mass is 9.87. The van der Waals surface area contributed by atoms with Crippen molar-refractivity contribution in [1.29, 1.82) is 0 Å². The summed E-state index contributed by atoms with van der Waals surface area (Å²) in [4.78, 5) is 0. The van der Waals surface area contributed by atoms with Crippen LogP contribution in [0.3, 0.4) is 0 Å². The predicted octanol–water partition coefficient (Wildman–Crippen LogP) is 4.30. The first-order valence-corrected chi connectivity index (χ1v) is 8.50. The van der Waals surface area contributed by atoms with Crippen molar-refractivity contribution in [3.8, 4) is 5.75 Å². The molecule has 0 saturated heterocycles. The summed E-state index contributed by atoms with van der Waals surface area (Å²) in [5.41, 5.74) is 4.02. The van der Waals surface area contributed by atoms with Crippen molar-refractivity contribution in [3.05, 3.63) is 65.2 Å². The molecule has 0 amide bonds. The maximum absolute atomic E-state index is 5.77. The van der Waals surface area contributed by atoms with E-state index in [9.17, 15) is 0 Å². The molecule has 0 spiro atoms. The fourth-order valence-corrected chi connectivity index (χ4v) is 2.49. The Bertz CT molecular complexity index is 614. The molecule has 130 valence electrons. The van der Waals surface area contributed by atoms with Crippen LogP contribution in [0.1, 0.15) is 37.5 Å². The summed E-state index contributed by atoms with van der Waals surface area (Å²) in [6, 6.07) is 17.0. The molecule has 0 fully saturated rings. The van der Waals surface area contributed by atoms with E-state index in [1.165, 1.54) is 16.7 Å². The van der Waals surface area contributed by atoms with E-state index in [2.05, 4.69) is 56.4 Å². The summed E-state index contributed by atoms with van der Waals surface area (Å²) in [6.45, 7) is 9.51. The van der Waals surface area contributed by atoms with Gasteiger partial charge in [-0.05, 0) is 22.6 Å². The molecule has 3 nitrogen and oxygen atoms in total. The van der Waals surface area contributed by atoms with Gasteiger partial charge in [-0.3, -0.25) is 0 Å². The summed E-state index contributed by atoms with van der Waals surface area (Å²) in [5, 5.41) is 3.50. The molecule has 2 aromatic rings. The van der Waals surface area contributed by atoms with Crippen LogP contribution in [-0.2, 0) is 23.2 Å². The number of para-hydroxylation sites is 1. The molecule has 3 heteroatoms. The fourth-order valence-electron chi connectivity index (χ4n) is 2.49. The highest BCUT2D eigenvalue weighted by molar-refractivity contribution is 5.33. The molecule has 0 atom stereocenters. The number of nitrogens with one attached hydrogen (secondary N) is 1. The lowest BCUT2D eigenvalue weighted by Gasteiger charge is -2.19. The van der Waals surface area contributed by atoms with Crippen molar-refractivity contribution >= 4 is 0 Å². The Morgan fingerprint density at radius 1 is 0.875 bits per heavy atom. The van der Waals surface area contributed by atoms with Crippen molar-refractivity contribution in [2.24, 2.45) is 0 Å². The molecule has 0 aliphatic carbocycles. The first-order chi connectivity index (χ1) is 11.5. The minimum atomic E-state index is 0.199. The van der Waals surface area contributed by atoms with Crippen LogP contribution in [0.4, 0.5) is 0 Å². The molecular weight excluding hydrogens is 298 g/mol. The van der Waals surface area contributed by atoms with Crippen LogP contribution in [0.25, 0.3) is 0 Å². The van der Waals surface area contributed by atoms with E-state index in [4.69, 9.17) is 9.47 Å². The highest BCUT2D eigenvalue weighted by atomic mass is 16.5. The second-order valence-electron chi connectivity index (χ2n) is 7.00. The minimum Gasteiger partial charge on any atom is -0.491 e. The second-order valence-corrected chi connectivity index (χ2v) is 7.00. The highest BCUT2D eigenvalue weighted by Gasteiger charge is 2.12. The molecule has 0 aliphatic rings. The molecule has 1 N–H and O–H groups in total. The number of hydrogen-bond donors (Lipinski definition) is 1. The number of rotatable bonds is 8. The quantitative estimate of drug-likeness (QED) is 0.733. The Morgan fingerprint density at radius 2 is 1.58 bits per heavy atom. The van der Waals surface area contributed by atoms with Gasteiger partial charge < -0.3 is 14.8 Å². The van der Waals surface area contributed by atoms with Crippen LogP contribution in [0, 0.1) is 0 Å². The lowest BCUT2D eigenvalue weighted by Crippen LogP contribution is -2.15. The van der Waals surface area contributed by atoms with Gasteiger partial charge in [0.1, 0.15) is 12.4 Å². The van der Waals surface area contributed by atoms with Gasteiger partial charge in [-0.2, -0.15) is 0 Å². The molecule has 0 unspecified atom stereocenters. The average molecular weight is 327 g/mol. The van der Waals surface area contributed by atoms with Crippen LogP contribution >= 0.6 is 0 Å². The van der Waals surface area contributed by atoms with Crippen LogP contribution in [-0.4, -0.2) is 20.3 Å². The summed E-state index contributed by atoms with van der Waals surface area (Å²) in [7, 11) is 1.68. The molecular formula is C21H29NO2. The van der Waals surface area contributed by atoms with Gasteiger partial charge in [0.2, 0.25) is 0 Å². The summed E-state index contributed by atoms with van der Waals surface area (Å²) >= 11 is 0. The first kappa shape index (κ1) is 18.5. The fraction of sp³-hybridized carbons (Fsp3) is 0.429. The molecule has 2 aromatic carbocycles. The third-order valence-corrected chi connectivity index (χ3v) is 3.98. The Balaban J connectivity index is 1.88. The lowest BCUT2D eigenvalue weighted by molar-refractivity contribution is 0.145. The maximum atomic E-state index is 5.77. The van der Waals surface area contributed by atoms with Crippen LogP contribution in [0.2, 0.25) is 0 Å². The van der Waals surface area contributed by atoms with Crippen LogP contribution < -0.4 is 10.1 Å². The van der Waals surface area contributed by atoms with E-state index in [-0.39, 0.29) is 5.41 Å². The zero-order valence-corrected chi connectivity index (χ0v) is 15.3. The van der Waals surface area contributed by atoms with Gasteiger partial charge >= 0.3 is 0 Å². The van der Waals surface area contributed by atoms with E-state index in [1.54, 1.807) is 7.11 Å². The Kier molecular flexibility index (Phi) is 6.83. The summed E-state index contributed by atoms with van der Waals surface area (Å²) in [6.07, 6.45) is 0. The number of hydrogen-bond acceptors (Lipinski definition) is 3. The molecule has 0 saturated carbocycles. The highest BCUT2D eigenvalue weighted by Crippen LogP contribution is 2.22. The zero-order chi connectivity index (χ0) is 17.4. The average Bonchev–Trinajstić information content (AvgIpc) is 2.56. The number of benzene rings is 2. The topological polar surface area (TPSA) is 30.5 Å². The molecule has 0 aromatic heterocycles. The molecule has 2 rings (SSSR count). The van der Waals surface area contributed by atoms with Crippen molar-refractivity contribution in [2.45, 2.75) is 39.3 Å². The van der Waals surface area contributed by atoms with E-state index < -0.39 is 0 Å². The molecule has 0 heterocycles. The largest absolute Gasteiger partial charge is 0.491 e. The number of ether oxygens (including phenoxy) is 2. The van der Waals surface area contributed by atoms with Crippen LogP contribution in [0.15, 0.2) is 48.5 Å². The van der Waals surface area contributed by atoms with Gasteiger partial charge in [0.05, 0.1) is 6.61 Å². The Labute approximate surface area is 146 Å². The minimum absolute atomic E-state index is 0.199. The van der Waals surface area contributed by atoms with Gasteiger partial charge in [0.25, 0.3) is 0 Å². The van der Waals surface area contributed by atoms with Crippen molar-refractivity contribution < 1.29 is 9.47 Å². The monoisotopic (exact) mass is 327 g/mol. The maximum Gasteiger partial charge on any atom is 0.123 e. The van der Waals surface area contributed by atoms with E-state index >= 15 is 0 Å². The normalized spacial score (nSPS) is 11.5. The third kappa shape index (κ3) is 5.66. The second kappa shape index (κ2) is 8.86. The summed E-state index contributed by atoms with van der Waals surface area (Å²) in [5.74, 6) is 0.921. The van der Waals surface area contributed by atoms with Crippen molar-refractivity contribution in [3.63, 3.8) is 0 Å². The smallest absolute Gasteiger partial charge is 0.123 e. The first-order valence-electron chi connectivity index (χ1n) is 8.50. The van der Waals surface area contributed by atoms with Crippen molar-refractivity contribution in [1.82, 2.24) is 5.32 Å². The van der Waals surface area contributed by atoms with E-state index in [0.717, 1.165) is 18.8 Å². The summed E-state index contributed by atoms with van der Waals surface area (Å²) < 4.78 is 10.8. The molecule has 0 aliphatic heterocycles. The van der Waals surface area contributed by atoms with E-state index in [1.807, 2.05) is 18.2 Å².